The first-order valence-electron chi connectivity index (χ1n) is 7.18. The Morgan fingerprint density at radius 1 is 1.44 bits per heavy atom. The molecule has 1 rings (SSSR count). The van der Waals surface area contributed by atoms with Crippen molar-refractivity contribution in [1.82, 2.24) is 0 Å². The maximum atomic E-state index is 10.4. The summed E-state index contributed by atoms with van der Waals surface area (Å²) in [7, 11) is 1.64. The van der Waals surface area contributed by atoms with Crippen LogP contribution in [-0.2, 0) is 4.74 Å². The van der Waals surface area contributed by atoms with E-state index in [0.717, 1.165) is 31.6 Å². The zero-order chi connectivity index (χ0) is 13.6. The fraction of sp³-hybridized carbons (Fsp3) is 0.933. The molecule has 104 valence electrons. The van der Waals surface area contributed by atoms with Gasteiger partial charge in [0.2, 0.25) is 0 Å². The number of nitriles is 1. The molecule has 1 fully saturated rings. The molecule has 1 aliphatic carbocycles. The van der Waals surface area contributed by atoms with Crippen molar-refractivity contribution < 1.29 is 9.84 Å². The van der Waals surface area contributed by atoms with Gasteiger partial charge in [-0.3, -0.25) is 0 Å². The predicted octanol–water partition coefficient (Wildman–Crippen LogP) is 3.13. The van der Waals surface area contributed by atoms with Crippen LogP contribution in [0, 0.1) is 28.6 Å². The molecule has 0 amide bonds. The second kappa shape index (κ2) is 7.11. The number of hydrogen-bond donors (Lipinski definition) is 1. The Bertz CT molecular complexity index is 277. The first-order valence-corrected chi connectivity index (χ1v) is 7.18. The Labute approximate surface area is 111 Å². The Hall–Kier alpha value is -0.590. The molecular formula is C15H27NO2. The summed E-state index contributed by atoms with van der Waals surface area (Å²) >= 11 is 0. The third kappa shape index (κ3) is 3.46. The molecule has 2 unspecified atom stereocenters. The number of ether oxygens (including phenoxy) is 1. The van der Waals surface area contributed by atoms with Gasteiger partial charge in [-0.05, 0) is 31.6 Å². The lowest BCUT2D eigenvalue weighted by atomic mass is 9.65. The highest BCUT2D eigenvalue weighted by Gasteiger charge is 2.43. The van der Waals surface area contributed by atoms with Crippen molar-refractivity contribution in [3.05, 3.63) is 0 Å². The van der Waals surface area contributed by atoms with Crippen LogP contribution in [0.5, 0.6) is 0 Å². The number of methoxy groups -OCH3 is 1. The second-order valence-electron chi connectivity index (χ2n) is 5.88. The SMILES string of the molecule is CCCC1CCC(C#N)(C(O)C(C)COC)CC1. The number of rotatable bonds is 6. The summed E-state index contributed by atoms with van der Waals surface area (Å²) in [5, 5.41) is 19.9. The van der Waals surface area contributed by atoms with Crippen LogP contribution in [0.25, 0.3) is 0 Å². The molecular weight excluding hydrogens is 226 g/mol. The number of aliphatic hydroxyl groups is 1. The van der Waals surface area contributed by atoms with Crippen molar-refractivity contribution in [2.24, 2.45) is 17.3 Å². The van der Waals surface area contributed by atoms with Crippen LogP contribution in [0.4, 0.5) is 0 Å². The van der Waals surface area contributed by atoms with Crippen molar-refractivity contribution in [1.29, 1.82) is 5.26 Å². The lowest BCUT2D eigenvalue weighted by molar-refractivity contribution is -0.0325. The van der Waals surface area contributed by atoms with Gasteiger partial charge in [0.1, 0.15) is 0 Å². The van der Waals surface area contributed by atoms with Gasteiger partial charge in [-0.15, -0.1) is 0 Å². The molecule has 1 aliphatic rings. The van der Waals surface area contributed by atoms with Gasteiger partial charge in [-0.1, -0.05) is 26.7 Å². The summed E-state index contributed by atoms with van der Waals surface area (Å²) in [5.41, 5.74) is -0.539. The van der Waals surface area contributed by atoms with Gasteiger partial charge in [-0.25, -0.2) is 0 Å². The number of nitrogens with zero attached hydrogens (tertiary/aromatic N) is 1. The zero-order valence-corrected chi connectivity index (χ0v) is 12.0. The van der Waals surface area contributed by atoms with E-state index in [1.807, 2.05) is 6.92 Å². The van der Waals surface area contributed by atoms with Gasteiger partial charge in [0.25, 0.3) is 0 Å². The molecule has 0 heterocycles. The van der Waals surface area contributed by atoms with Crippen molar-refractivity contribution in [3.8, 4) is 6.07 Å². The molecule has 2 atom stereocenters. The molecule has 0 aliphatic heterocycles. The van der Waals surface area contributed by atoms with Crippen molar-refractivity contribution in [2.75, 3.05) is 13.7 Å². The molecule has 0 radical (unpaired) electrons. The zero-order valence-electron chi connectivity index (χ0n) is 12.0. The van der Waals surface area contributed by atoms with Crippen LogP contribution in [-0.4, -0.2) is 24.9 Å². The molecule has 0 saturated heterocycles. The summed E-state index contributed by atoms with van der Waals surface area (Å²) in [4.78, 5) is 0. The average Bonchev–Trinajstić information content (AvgIpc) is 2.40. The van der Waals surface area contributed by atoms with Crippen LogP contribution < -0.4 is 0 Å². The van der Waals surface area contributed by atoms with E-state index in [2.05, 4.69) is 13.0 Å². The van der Waals surface area contributed by atoms with Crippen molar-refractivity contribution in [2.45, 2.75) is 58.5 Å². The van der Waals surface area contributed by atoms with Crippen LogP contribution in [0.3, 0.4) is 0 Å². The fourth-order valence-electron chi connectivity index (χ4n) is 3.26. The number of hydrogen-bond acceptors (Lipinski definition) is 3. The van der Waals surface area contributed by atoms with Crippen LogP contribution in [0.15, 0.2) is 0 Å². The smallest absolute Gasteiger partial charge is 0.0836 e. The third-order valence-electron chi connectivity index (χ3n) is 4.45. The Kier molecular flexibility index (Phi) is 6.11. The first-order chi connectivity index (χ1) is 8.59. The summed E-state index contributed by atoms with van der Waals surface area (Å²) in [5.74, 6) is 0.777. The minimum absolute atomic E-state index is 0.0253. The summed E-state index contributed by atoms with van der Waals surface area (Å²) in [6, 6.07) is 2.41. The van der Waals surface area contributed by atoms with E-state index in [1.165, 1.54) is 12.8 Å². The number of aliphatic hydroxyl groups excluding tert-OH is 1. The fourth-order valence-corrected chi connectivity index (χ4v) is 3.26. The highest BCUT2D eigenvalue weighted by Crippen LogP contribution is 2.44. The van der Waals surface area contributed by atoms with E-state index in [0.29, 0.717) is 6.61 Å². The Balaban J connectivity index is 2.63. The van der Waals surface area contributed by atoms with Crippen molar-refractivity contribution >= 4 is 0 Å². The van der Waals surface area contributed by atoms with Gasteiger partial charge in [0, 0.05) is 13.0 Å². The summed E-state index contributed by atoms with van der Waals surface area (Å²) in [6.07, 6.45) is 5.74. The van der Waals surface area contributed by atoms with E-state index >= 15 is 0 Å². The predicted molar refractivity (Wildman–Crippen MR) is 72.0 cm³/mol. The lowest BCUT2D eigenvalue weighted by Gasteiger charge is -2.40. The molecule has 0 aromatic rings. The van der Waals surface area contributed by atoms with E-state index in [1.54, 1.807) is 7.11 Å². The quantitative estimate of drug-likeness (QED) is 0.791. The summed E-state index contributed by atoms with van der Waals surface area (Å²) < 4.78 is 5.10. The van der Waals surface area contributed by atoms with E-state index in [4.69, 9.17) is 4.74 Å². The van der Waals surface area contributed by atoms with Gasteiger partial charge in [0.15, 0.2) is 0 Å². The van der Waals surface area contributed by atoms with Gasteiger partial charge >= 0.3 is 0 Å². The molecule has 0 aromatic heterocycles. The van der Waals surface area contributed by atoms with E-state index < -0.39 is 11.5 Å². The highest BCUT2D eigenvalue weighted by molar-refractivity contribution is 5.07. The largest absolute Gasteiger partial charge is 0.391 e. The molecule has 18 heavy (non-hydrogen) atoms. The highest BCUT2D eigenvalue weighted by atomic mass is 16.5. The minimum atomic E-state index is -0.565. The molecule has 1 N–H and O–H groups in total. The molecule has 0 aromatic carbocycles. The topological polar surface area (TPSA) is 53.2 Å². The van der Waals surface area contributed by atoms with E-state index in [-0.39, 0.29) is 5.92 Å². The standard InChI is InChI=1S/C15H27NO2/c1-4-5-13-6-8-15(11-16,9-7-13)14(17)12(2)10-18-3/h12-14,17H,4-10H2,1-3H3. The maximum Gasteiger partial charge on any atom is 0.0836 e. The molecule has 3 nitrogen and oxygen atoms in total. The third-order valence-corrected chi connectivity index (χ3v) is 4.45. The molecule has 0 spiro atoms. The first kappa shape index (κ1) is 15.5. The summed E-state index contributed by atoms with van der Waals surface area (Å²) in [6.45, 7) is 4.69. The second-order valence-corrected chi connectivity index (χ2v) is 5.88. The Morgan fingerprint density at radius 3 is 2.50 bits per heavy atom. The van der Waals surface area contributed by atoms with Gasteiger partial charge in [-0.2, -0.15) is 5.26 Å². The molecule has 0 bridgehead atoms. The van der Waals surface area contributed by atoms with Crippen molar-refractivity contribution in [3.63, 3.8) is 0 Å². The minimum Gasteiger partial charge on any atom is -0.391 e. The molecule has 3 heteroatoms. The van der Waals surface area contributed by atoms with Gasteiger partial charge in [0.05, 0.1) is 24.2 Å². The van der Waals surface area contributed by atoms with Crippen LogP contribution in [0.2, 0.25) is 0 Å². The molecule has 1 saturated carbocycles. The van der Waals surface area contributed by atoms with Crippen LogP contribution >= 0.6 is 0 Å². The Morgan fingerprint density at radius 2 is 2.06 bits per heavy atom. The van der Waals surface area contributed by atoms with Gasteiger partial charge < -0.3 is 9.84 Å². The average molecular weight is 253 g/mol. The maximum absolute atomic E-state index is 10.4. The lowest BCUT2D eigenvalue weighted by Crippen LogP contribution is -2.42. The monoisotopic (exact) mass is 253 g/mol. The van der Waals surface area contributed by atoms with Crippen LogP contribution in [0.1, 0.15) is 52.4 Å². The normalized spacial score (nSPS) is 31.6. The van der Waals surface area contributed by atoms with E-state index in [9.17, 15) is 10.4 Å².